The summed E-state index contributed by atoms with van der Waals surface area (Å²) in [6.45, 7) is 14.9. The molecular formula is C89H150N22O20S2. The molecule has 4 aliphatic heterocycles. The zero-order valence-electron chi connectivity index (χ0n) is 78.6. The maximum atomic E-state index is 15.4. The minimum atomic E-state index is -1.49. The van der Waals surface area contributed by atoms with Crippen molar-refractivity contribution in [1.29, 1.82) is 0 Å². The van der Waals surface area contributed by atoms with E-state index in [-0.39, 0.29) is 153 Å². The number of primary amides is 2. The SMILES string of the molecule is CCCCC(CN1CCC1C(=O)NC(C)C(=O)NC(CO)C(N)=O)NC(=O)C(CCCCN)NC(=O)C(CCCNCN)NC(=O)C(CC(C)C)NC(=O)C(CCSSCC(NC(=O)CCc1ccccc1)C(=O)NC(CCCCN)C(=O)N1CCCC1C(=O)N1CCCC1C(=O)NC(CCC(=O)O)C(N)=O)NC(=O)C(CCCC)NC(=O)C1CCCN1C(=O)C(NC(C)=O)C(C)C. The van der Waals surface area contributed by atoms with Gasteiger partial charge in [-0.2, -0.15) is 0 Å². The summed E-state index contributed by atoms with van der Waals surface area (Å²) < 4.78 is 0. The molecule has 4 fully saturated rings. The third-order valence-corrected chi connectivity index (χ3v) is 26.4. The number of carboxylic acid groups (broad SMARTS) is 1. The summed E-state index contributed by atoms with van der Waals surface area (Å²) in [6, 6.07) is -9.35. The van der Waals surface area contributed by atoms with E-state index in [9.17, 15) is 72.5 Å². The Morgan fingerprint density at radius 2 is 0.947 bits per heavy atom. The second-order valence-corrected chi connectivity index (χ2v) is 38.1. The normalized spacial score (nSPS) is 18.7. The molecule has 25 N–H and O–H groups in total. The lowest BCUT2D eigenvalue weighted by Crippen LogP contribution is -2.62. The van der Waals surface area contributed by atoms with E-state index < -0.39 is 216 Å². The van der Waals surface area contributed by atoms with Crippen LogP contribution in [0.3, 0.4) is 0 Å². The summed E-state index contributed by atoms with van der Waals surface area (Å²) in [4.78, 5) is 257. The van der Waals surface area contributed by atoms with E-state index in [0.29, 0.717) is 90.1 Å². The molecule has 0 aliphatic carbocycles. The standard InChI is InChI=1S/C89H150N22O20S2/c1-9-11-26-58(49-108-46-38-68(108)84(126)96-55(7)77(119)107-66(50-112)76(94)118)98-78(120)61(28-16-18-40-90)101-80(122)62(30-20-42-95-52-92)102-82(124)65(48-53(3)4)106-81(123)63(103-79(121)60(27-12-10-2)104-86(128)70-32-22-44-110(70)89(131)74(54(5)6)97-56(8)113)39-47-132-133-51-67(99-72(114)36-34-57-24-14-13-15-25-57)83(125)105-64(29-17-19-41-91)87(129)111-45-23-33-71(111)88(130)109-43-21-31-69(109)85(127)100-59(75(93)117)35-37-73(115)116/h13-15,24-25,53-55,58-71,74,95,112H,9-12,16-23,26-52,90-92H2,1-8H3,(H2,93,117)(H2,94,118)(H,96,126)(H,97,113)(H,98,120)(H,99,114)(H,100,127)(H,101,122)(H,102,124)(H,103,121)(H,104,128)(H,105,125)(H,106,123)(H,107,119)(H,115,116). The molecule has 4 saturated heterocycles. The molecule has 0 saturated carbocycles. The van der Waals surface area contributed by atoms with Crippen molar-refractivity contribution in [3.8, 4) is 0 Å². The molecule has 748 valence electrons. The molecule has 0 aromatic heterocycles. The molecule has 0 radical (unpaired) electrons. The van der Waals surface area contributed by atoms with Crippen molar-refractivity contribution < 1.29 is 96.5 Å². The predicted molar refractivity (Wildman–Crippen MR) is 501 cm³/mol. The van der Waals surface area contributed by atoms with Crippen LogP contribution in [0.1, 0.15) is 228 Å². The van der Waals surface area contributed by atoms with E-state index in [2.05, 4.69) is 69.1 Å². The molecule has 5 rings (SSSR count). The van der Waals surface area contributed by atoms with Crippen molar-refractivity contribution >= 4 is 128 Å². The highest BCUT2D eigenvalue weighted by atomic mass is 33.1. The Morgan fingerprint density at radius 3 is 1.49 bits per heavy atom. The van der Waals surface area contributed by atoms with Gasteiger partial charge in [0.2, 0.25) is 100 Å². The van der Waals surface area contributed by atoms with Gasteiger partial charge in [0.15, 0.2) is 0 Å². The number of aliphatic hydroxyl groups excluding tert-OH is 1. The zero-order chi connectivity index (χ0) is 98.4. The number of hydrogen-bond acceptors (Lipinski definition) is 26. The number of carbonyl (C=O) groups is 18. The monoisotopic (exact) mass is 1910 g/mol. The molecule has 44 heteroatoms. The first-order valence-electron chi connectivity index (χ1n) is 47.2. The number of nitrogens with one attached hydrogen (secondary N) is 13. The van der Waals surface area contributed by atoms with Gasteiger partial charge in [0.1, 0.15) is 84.6 Å². The predicted octanol–water partition coefficient (Wildman–Crippen LogP) is -2.25. The highest BCUT2D eigenvalue weighted by Gasteiger charge is 2.47. The number of aliphatic hydroxyl groups is 1. The number of carboxylic acids is 1. The molecular weight excluding hydrogens is 1760 g/mol. The molecule has 16 atom stereocenters. The van der Waals surface area contributed by atoms with Gasteiger partial charge in [-0.15, -0.1) is 0 Å². The van der Waals surface area contributed by atoms with Gasteiger partial charge in [-0.1, -0.05) is 119 Å². The Labute approximate surface area is 788 Å². The Balaban J connectivity index is 1.47. The van der Waals surface area contributed by atoms with Gasteiger partial charge in [0.05, 0.1) is 12.6 Å². The van der Waals surface area contributed by atoms with Gasteiger partial charge in [0.25, 0.3) is 0 Å². The molecule has 0 spiro atoms. The molecule has 4 heterocycles. The van der Waals surface area contributed by atoms with E-state index in [0.717, 1.165) is 33.6 Å². The Bertz CT molecular complexity index is 3990. The Kier molecular flexibility index (Phi) is 51.7. The molecule has 42 nitrogen and oxygen atoms in total. The summed E-state index contributed by atoms with van der Waals surface area (Å²) >= 11 is 0. The van der Waals surface area contributed by atoms with Gasteiger partial charge in [-0.05, 0) is 179 Å². The van der Waals surface area contributed by atoms with Crippen molar-refractivity contribution in [2.75, 3.05) is 77.1 Å². The van der Waals surface area contributed by atoms with Crippen molar-refractivity contribution in [2.24, 2.45) is 40.5 Å². The van der Waals surface area contributed by atoms with Crippen LogP contribution < -0.4 is 97.8 Å². The van der Waals surface area contributed by atoms with Crippen LogP contribution in [0, 0.1) is 11.8 Å². The third-order valence-electron chi connectivity index (χ3n) is 24.0. The lowest BCUT2D eigenvalue weighted by Gasteiger charge is -2.42. The largest absolute Gasteiger partial charge is 0.481 e. The maximum absolute atomic E-state index is 15.4. The summed E-state index contributed by atoms with van der Waals surface area (Å²) in [7, 11) is 2.25. The van der Waals surface area contributed by atoms with Gasteiger partial charge >= 0.3 is 5.97 Å². The first kappa shape index (κ1) is 114. The number of nitrogens with two attached hydrogens (primary N) is 5. The van der Waals surface area contributed by atoms with Crippen LogP contribution in [-0.4, -0.2) is 310 Å². The van der Waals surface area contributed by atoms with E-state index in [4.69, 9.17) is 28.7 Å². The number of aliphatic carboxylic acids is 1. The molecule has 16 unspecified atom stereocenters. The number of amides is 17. The summed E-state index contributed by atoms with van der Waals surface area (Å²) in [5.74, 6) is -13.7. The highest BCUT2D eigenvalue weighted by molar-refractivity contribution is 8.76. The van der Waals surface area contributed by atoms with Gasteiger partial charge in [0, 0.05) is 76.7 Å². The average Bonchev–Trinajstić information content (AvgIpc) is 1.66. The van der Waals surface area contributed by atoms with E-state index in [1.807, 2.05) is 49.1 Å². The highest BCUT2D eigenvalue weighted by Crippen LogP contribution is 2.30. The number of benzene rings is 1. The second kappa shape index (κ2) is 60.5. The summed E-state index contributed by atoms with van der Waals surface area (Å²) in [6.07, 6.45) is 6.57. The van der Waals surface area contributed by atoms with Crippen molar-refractivity contribution in [1.82, 2.24) is 88.7 Å². The summed E-state index contributed by atoms with van der Waals surface area (Å²) in [5.41, 5.74) is 29.4. The van der Waals surface area contributed by atoms with Crippen LogP contribution in [0.25, 0.3) is 0 Å². The van der Waals surface area contributed by atoms with Crippen molar-refractivity contribution in [3.63, 3.8) is 0 Å². The Morgan fingerprint density at radius 1 is 0.459 bits per heavy atom. The van der Waals surface area contributed by atoms with E-state index in [1.165, 1.54) is 28.5 Å². The Hall–Kier alpha value is -9.86. The lowest BCUT2D eigenvalue weighted by molar-refractivity contribution is -0.148. The van der Waals surface area contributed by atoms with Gasteiger partial charge in [-0.3, -0.25) is 91.2 Å². The topological polar surface area (TPSA) is 647 Å². The van der Waals surface area contributed by atoms with Crippen LogP contribution >= 0.6 is 21.6 Å². The number of rotatable bonds is 64. The third kappa shape index (κ3) is 38.8. The van der Waals surface area contributed by atoms with E-state index in [1.54, 1.807) is 27.7 Å². The molecule has 4 aliphatic rings. The number of nitrogens with zero attached hydrogens (tertiary/aromatic N) is 4. The van der Waals surface area contributed by atoms with Crippen LogP contribution in [-0.2, 0) is 92.7 Å². The van der Waals surface area contributed by atoms with Crippen molar-refractivity contribution in [2.45, 2.75) is 325 Å². The fourth-order valence-electron chi connectivity index (χ4n) is 16.4. The lowest BCUT2D eigenvalue weighted by atomic mass is 9.98. The average molecular weight is 1910 g/mol. The maximum Gasteiger partial charge on any atom is 0.303 e. The first-order chi connectivity index (χ1) is 63.4. The smallest absolute Gasteiger partial charge is 0.303 e. The van der Waals surface area contributed by atoms with Crippen LogP contribution in [0.5, 0.6) is 0 Å². The quantitative estimate of drug-likeness (QED) is 0.0186. The number of likely N-dealkylation sites (tertiary alicyclic amines) is 4. The summed E-state index contributed by atoms with van der Waals surface area (Å²) in [5, 5.41) is 55.2. The van der Waals surface area contributed by atoms with Crippen LogP contribution in [0.15, 0.2) is 30.3 Å². The minimum absolute atomic E-state index is 0.00271. The fourth-order valence-corrected chi connectivity index (χ4v) is 18.6. The molecule has 1 aromatic carbocycles. The molecule has 1 aromatic rings. The van der Waals surface area contributed by atoms with E-state index >= 15 is 24.0 Å². The van der Waals surface area contributed by atoms with Gasteiger partial charge in [-0.25, -0.2) is 0 Å². The van der Waals surface area contributed by atoms with Crippen molar-refractivity contribution in [3.05, 3.63) is 35.9 Å². The number of carbonyl (C=O) groups excluding carboxylic acids is 17. The zero-order valence-corrected chi connectivity index (χ0v) is 80.2. The molecule has 133 heavy (non-hydrogen) atoms. The molecule has 0 bridgehead atoms. The number of aryl methyl sites for hydroxylation is 1. The minimum Gasteiger partial charge on any atom is -0.481 e. The number of unbranched alkanes of at least 4 members (excludes halogenated alkanes) is 4. The fraction of sp³-hybridized carbons (Fsp3) is 0.730. The number of hydrogen-bond donors (Lipinski definition) is 20. The van der Waals surface area contributed by atoms with Gasteiger partial charge < -0.3 is 123 Å². The first-order valence-corrected chi connectivity index (χ1v) is 49.7. The molecule has 17 amide bonds. The van der Waals surface area contributed by atoms with Crippen LogP contribution in [0.2, 0.25) is 0 Å². The van der Waals surface area contributed by atoms with Crippen LogP contribution in [0.4, 0.5) is 0 Å². The second-order valence-electron chi connectivity index (χ2n) is 35.5.